The Morgan fingerprint density at radius 3 is 2.05 bits per heavy atom. The summed E-state index contributed by atoms with van der Waals surface area (Å²) in [6.45, 7) is 0. The van der Waals surface area contributed by atoms with Crippen LogP contribution in [0.4, 0.5) is 5.69 Å². The normalized spacial score (nSPS) is 10.6. The van der Waals surface area contributed by atoms with Crippen LogP contribution in [0.1, 0.15) is 15.9 Å². The number of rotatable bonds is 4. The molecule has 110 valence electrons. The number of benzene rings is 2. The molecular weight excluding hydrogens is 428 g/mol. The zero-order valence-electron chi connectivity index (χ0n) is 11.7. The second-order valence-corrected chi connectivity index (χ2v) is 6.41. The molecule has 0 unspecified atom stereocenters. The molecule has 2 aromatic rings. The molecule has 0 heterocycles. The maximum atomic E-state index is 12.0. The summed E-state index contributed by atoms with van der Waals surface area (Å²) < 4.78 is 33.3. The van der Waals surface area contributed by atoms with Crippen LogP contribution < -0.4 is 34.9 Å². The maximum Gasteiger partial charge on any atom is 1.00 e. The molecule has 0 bridgehead atoms. The Morgan fingerprint density at radius 1 is 1.05 bits per heavy atom. The van der Waals surface area contributed by atoms with E-state index in [1.54, 1.807) is 12.1 Å². The van der Waals surface area contributed by atoms with Gasteiger partial charge in [0.25, 0.3) is 5.91 Å². The van der Waals surface area contributed by atoms with Gasteiger partial charge in [-0.3, -0.25) is 4.79 Å². The summed E-state index contributed by atoms with van der Waals surface area (Å²) in [5.74, 6) is -0.298. The van der Waals surface area contributed by atoms with E-state index in [4.69, 9.17) is 0 Å². The van der Waals surface area contributed by atoms with Crippen molar-refractivity contribution >= 4 is 44.3 Å². The van der Waals surface area contributed by atoms with Gasteiger partial charge in [-0.1, -0.05) is 34.7 Å². The van der Waals surface area contributed by atoms with E-state index in [0.29, 0.717) is 11.3 Å². The van der Waals surface area contributed by atoms with Crippen molar-refractivity contribution in [2.24, 2.45) is 0 Å². The Hall–Kier alpha value is -0.450. The van der Waals surface area contributed by atoms with Gasteiger partial charge < -0.3 is 9.87 Å². The topological polar surface area (TPSA) is 86.3 Å². The van der Waals surface area contributed by atoms with Crippen LogP contribution in [0.3, 0.4) is 0 Å². The van der Waals surface area contributed by atoms with Gasteiger partial charge in [-0.15, -0.1) is 0 Å². The van der Waals surface area contributed by atoms with Crippen LogP contribution in [0.2, 0.25) is 0 Å². The fourth-order valence-electron chi connectivity index (χ4n) is 1.65. The van der Waals surface area contributed by atoms with Gasteiger partial charge in [0.15, 0.2) is 0 Å². The van der Waals surface area contributed by atoms with E-state index in [1.165, 1.54) is 12.1 Å². The van der Waals surface area contributed by atoms with Crippen molar-refractivity contribution in [3.8, 4) is 0 Å². The summed E-state index contributed by atoms with van der Waals surface area (Å²) in [6.07, 6.45) is 0. The van der Waals surface area contributed by atoms with E-state index in [9.17, 15) is 17.8 Å². The van der Waals surface area contributed by atoms with Crippen molar-refractivity contribution in [1.29, 1.82) is 0 Å². The molecule has 22 heavy (non-hydrogen) atoms. The van der Waals surface area contributed by atoms with Crippen molar-refractivity contribution in [3.63, 3.8) is 0 Å². The van der Waals surface area contributed by atoms with Crippen molar-refractivity contribution in [2.45, 2.75) is 9.32 Å². The van der Waals surface area contributed by atoms with Crippen LogP contribution in [-0.4, -0.2) is 18.9 Å². The third-order valence-electron chi connectivity index (χ3n) is 2.77. The number of amides is 1. The molecule has 2 rings (SSSR count). The number of anilines is 1. The molecule has 0 aliphatic carbocycles. The Balaban J connectivity index is 0.00000242. The summed E-state index contributed by atoms with van der Waals surface area (Å²) in [6, 6.07) is 12.3. The number of hydrogen-bond acceptors (Lipinski definition) is 4. The molecule has 0 saturated heterocycles. The molecule has 0 radical (unpaired) electrons. The monoisotopic (exact) mass is 439 g/mol. The Kier molecular flexibility index (Phi) is 7.50. The van der Waals surface area contributed by atoms with Gasteiger partial charge in [0.1, 0.15) is 10.1 Å². The van der Waals surface area contributed by atoms with E-state index in [0.717, 1.165) is 22.1 Å². The SMILES string of the molecule is O=C(Nc1ccc(S(=O)(=O)[O-])cc1)c1ccc(CI)cc1.[Na+]. The van der Waals surface area contributed by atoms with Crippen LogP contribution in [0.15, 0.2) is 53.4 Å². The summed E-state index contributed by atoms with van der Waals surface area (Å²) in [7, 11) is -4.47. The van der Waals surface area contributed by atoms with Gasteiger partial charge in [-0.25, -0.2) is 8.42 Å². The number of carbonyl (C=O) groups is 1. The average Bonchev–Trinajstić information content (AvgIpc) is 2.47. The van der Waals surface area contributed by atoms with Gasteiger partial charge in [0.2, 0.25) is 0 Å². The van der Waals surface area contributed by atoms with Gasteiger partial charge in [0.05, 0.1) is 4.90 Å². The molecule has 5 nitrogen and oxygen atoms in total. The molecule has 0 fully saturated rings. The fourth-order valence-corrected chi connectivity index (χ4v) is 2.63. The van der Waals surface area contributed by atoms with Crippen molar-refractivity contribution in [3.05, 3.63) is 59.7 Å². The second-order valence-electron chi connectivity index (χ2n) is 4.26. The Bertz CT molecular complexity index is 745. The first-order valence-electron chi connectivity index (χ1n) is 5.92. The molecule has 0 spiro atoms. The van der Waals surface area contributed by atoms with Crippen molar-refractivity contribution < 1.29 is 47.3 Å². The van der Waals surface area contributed by atoms with Crippen LogP contribution in [0, 0.1) is 0 Å². The predicted molar refractivity (Wildman–Crippen MR) is 86.5 cm³/mol. The molecule has 1 amide bonds. The molecule has 0 saturated carbocycles. The smallest absolute Gasteiger partial charge is 0.744 e. The quantitative estimate of drug-likeness (QED) is 0.309. The molecule has 1 N–H and O–H groups in total. The predicted octanol–water partition coefficient (Wildman–Crippen LogP) is -0.218. The molecule has 2 aromatic carbocycles. The summed E-state index contributed by atoms with van der Waals surface area (Å²) in [5, 5.41) is 2.64. The molecule has 0 aromatic heterocycles. The van der Waals surface area contributed by atoms with E-state index >= 15 is 0 Å². The summed E-state index contributed by atoms with van der Waals surface area (Å²) in [4.78, 5) is 11.7. The first-order valence-corrected chi connectivity index (χ1v) is 8.86. The van der Waals surface area contributed by atoms with Gasteiger partial charge in [0, 0.05) is 15.7 Å². The first-order chi connectivity index (χ1) is 9.90. The first kappa shape index (κ1) is 19.6. The Morgan fingerprint density at radius 2 is 1.59 bits per heavy atom. The van der Waals surface area contributed by atoms with Crippen molar-refractivity contribution in [1.82, 2.24) is 0 Å². The van der Waals surface area contributed by atoms with E-state index in [1.807, 2.05) is 12.1 Å². The average molecular weight is 439 g/mol. The number of hydrogen-bond donors (Lipinski definition) is 1. The zero-order valence-corrected chi connectivity index (χ0v) is 16.7. The minimum atomic E-state index is -4.47. The Labute approximate surface area is 164 Å². The van der Waals surface area contributed by atoms with Crippen LogP contribution in [0.5, 0.6) is 0 Å². The molecule has 8 heteroatoms. The van der Waals surface area contributed by atoms with Crippen LogP contribution in [0.25, 0.3) is 0 Å². The number of nitrogens with one attached hydrogen (secondary N) is 1. The van der Waals surface area contributed by atoms with E-state index in [2.05, 4.69) is 27.9 Å². The minimum absolute atomic E-state index is 0. The summed E-state index contributed by atoms with van der Waals surface area (Å²) >= 11 is 2.24. The van der Waals surface area contributed by atoms with E-state index in [-0.39, 0.29) is 40.4 Å². The van der Waals surface area contributed by atoms with Crippen LogP contribution in [-0.2, 0) is 14.5 Å². The third kappa shape index (κ3) is 5.32. The summed E-state index contributed by atoms with van der Waals surface area (Å²) in [5.41, 5.74) is 2.05. The molecule has 0 aliphatic rings. The zero-order chi connectivity index (χ0) is 15.5. The molecular formula is C14H11INNaO4S. The largest absolute Gasteiger partial charge is 1.00 e. The molecule has 0 atom stereocenters. The number of alkyl halides is 1. The minimum Gasteiger partial charge on any atom is -0.744 e. The van der Waals surface area contributed by atoms with Gasteiger partial charge in [-0.05, 0) is 42.0 Å². The van der Waals surface area contributed by atoms with Crippen LogP contribution >= 0.6 is 22.6 Å². The molecule has 0 aliphatic heterocycles. The maximum absolute atomic E-state index is 12.0. The third-order valence-corrected chi connectivity index (χ3v) is 4.50. The second kappa shape index (κ2) is 8.42. The van der Waals surface area contributed by atoms with Gasteiger partial charge >= 0.3 is 29.6 Å². The van der Waals surface area contributed by atoms with Crippen molar-refractivity contribution in [2.75, 3.05) is 5.32 Å². The number of halogens is 1. The standard InChI is InChI=1S/C14H12INO4S.Na/c15-9-10-1-3-11(4-2-10)14(17)16-12-5-7-13(8-6-12)21(18,19)20;/h1-8H,9H2,(H,16,17)(H,18,19,20);/q;+1/p-1. The number of carbonyl (C=O) groups excluding carboxylic acids is 1. The van der Waals surface area contributed by atoms with E-state index < -0.39 is 10.1 Å². The van der Waals surface area contributed by atoms with Gasteiger partial charge in [-0.2, -0.15) is 0 Å². The fraction of sp³-hybridized carbons (Fsp3) is 0.0714.